The van der Waals surface area contributed by atoms with E-state index in [2.05, 4.69) is 22.7 Å². The Kier molecular flexibility index (Phi) is 7.05. The van der Waals surface area contributed by atoms with Crippen molar-refractivity contribution in [2.75, 3.05) is 0 Å². The fourth-order valence-corrected chi connectivity index (χ4v) is 1.89. The van der Waals surface area contributed by atoms with Gasteiger partial charge in [0.2, 0.25) is 0 Å². The molecular weight excluding hydrogens is 280 g/mol. The van der Waals surface area contributed by atoms with Gasteiger partial charge in [0.1, 0.15) is 5.60 Å². The first-order valence-electron chi connectivity index (χ1n) is 7.55. The van der Waals surface area contributed by atoms with Gasteiger partial charge in [-0.25, -0.2) is 10.2 Å². The summed E-state index contributed by atoms with van der Waals surface area (Å²) < 4.78 is 5.10. The number of amides is 1. The molecule has 1 atom stereocenters. The molecule has 1 aromatic rings. The monoisotopic (exact) mass is 306 g/mol. The van der Waals surface area contributed by atoms with Crippen LogP contribution in [0.15, 0.2) is 35.4 Å². The van der Waals surface area contributed by atoms with E-state index in [-0.39, 0.29) is 0 Å². The van der Waals surface area contributed by atoms with E-state index in [0.29, 0.717) is 12.1 Å². The number of nitrogens with one attached hydrogen (secondary N) is 1. The van der Waals surface area contributed by atoms with Gasteiger partial charge in [0, 0.05) is 0 Å². The van der Waals surface area contributed by atoms with Crippen LogP contribution in [-0.4, -0.2) is 28.6 Å². The van der Waals surface area contributed by atoms with Crippen molar-refractivity contribution in [1.29, 1.82) is 0 Å². The number of benzene rings is 1. The molecule has 1 rings (SSSR count). The summed E-state index contributed by atoms with van der Waals surface area (Å²) >= 11 is 0. The van der Waals surface area contributed by atoms with Crippen LogP contribution in [0.1, 0.15) is 46.1 Å². The van der Waals surface area contributed by atoms with E-state index in [1.807, 2.05) is 18.2 Å². The van der Waals surface area contributed by atoms with Crippen LogP contribution >= 0.6 is 0 Å². The molecule has 0 spiro atoms. The van der Waals surface area contributed by atoms with Crippen LogP contribution in [0, 0.1) is 0 Å². The first kappa shape index (κ1) is 18.2. The Hall–Kier alpha value is -1.88. The minimum absolute atomic E-state index is 0.543. The number of rotatable bonds is 6. The summed E-state index contributed by atoms with van der Waals surface area (Å²) in [5.74, 6) is 0. The molecule has 0 aromatic heterocycles. The van der Waals surface area contributed by atoms with Gasteiger partial charge < -0.3 is 9.84 Å². The summed E-state index contributed by atoms with van der Waals surface area (Å²) in [5, 5.41) is 13.7. The largest absolute Gasteiger partial charge is 0.443 e. The van der Waals surface area contributed by atoms with E-state index in [4.69, 9.17) is 4.74 Å². The topological polar surface area (TPSA) is 70.9 Å². The van der Waals surface area contributed by atoms with Gasteiger partial charge in [-0.2, -0.15) is 5.10 Å². The zero-order valence-electron chi connectivity index (χ0n) is 13.8. The molecule has 0 aliphatic rings. The van der Waals surface area contributed by atoms with Gasteiger partial charge in [0.15, 0.2) is 0 Å². The molecule has 22 heavy (non-hydrogen) atoms. The van der Waals surface area contributed by atoms with Gasteiger partial charge in [0.05, 0.1) is 11.8 Å². The van der Waals surface area contributed by atoms with Crippen LogP contribution in [0.5, 0.6) is 0 Å². The number of aliphatic hydroxyl groups excluding tert-OH is 1. The highest BCUT2D eigenvalue weighted by Crippen LogP contribution is 2.08. The second kappa shape index (κ2) is 8.54. The smallest absolute Gasteiger partial charge is 0.428 e. The molecule has 0 aliphatic carbocycles. The fourth-order valence-electron chi connectivity index (χ4n) is 1.89. The maximum absolute atomic E-state index is 11.6. The van der Waals surface area contributed by atoms with Gasteiger partial charge >= 0.3 is 6.09 Å². The Bertz CT molecular complexity index is 490. The molecule has 5 nitrogen and oxygen atoms in total. The molecule has 0 fully saturated rings. The van der Waals surface area contributed by atoms with Gasteiger partial charge in [0.25, 0.3) is 0 Å². The normalized spacial score (nSPS) is 13.6. The molecule has 0 radical (unpaired) electrons. The third kappa shape index (κ3) is 7.78. The summed E-state index contributed by atoms with van der Waals surface area (Å²) in [4.78, 5) is 11.6. The van der Waals surface area contributed by atoms with Crippen molar-refractivity contribution in [1.82, 2.24) is 5.43 Å². The van der Waals surface area contributed by atoms with E-state index >= 15 is 0 Å². The van der Waals surface area contributed by atoms with Crippen molar-refractivity contribution >= 4 is 11.8 Å². The van der Waals surface area contributed by atoms with Crippen molar-refractivity contribution in [3.8, 4) is 0 Å². The number of ether oxygens (including phenoxy) is 1. The number of carbonyl (C=O) groups is 1. The zero-order chi connectivity index (χ0) is 16.6. The summed E-state index contributed by atoms with van der Waals surface area (Å²) in [7, 11) is 0. The van der Waals surface area contributed by atoms with Gasteiger partial charge in [-0.3, -0.25) is 0 Å². The third-order valence-electron chi connectivity index (χ3n) is 2.91. The third-order valence-corrected chi connectivity index (χ3v) is 2.91. The van der Waals surface area contributed by atoms with Crippen LogP contribution in [-0.2, 0) is 11.2 Å². The predicted octanol–water partition coefficient (Wildman–Crippen LogP) is 3.27. The van der Waals surface area contributed by atoms with Crippen LogP contribution in [0.2, 0.25) is 0 Å². The quantitative estimate of drug-likeness (QED) is 0.626. The number of hydrogen-bond donors (Lipinski definition) is 2. The van der Waals surface area contributed by atoms with Crippen LogP contribution in [0.3, 0.4) is 0 Å². The lowest BCUT2D eigenvalue weighted by Gasteiger charge is -2.19. The molecule has 0 heterocycles. The number of hydrogen-bond acceptors (Lipinski definition) is 4. The summed E-state index contributed by atoms with van der Waals surface area (Å²) in [5.41, 5.74) is 3.55. The van der Waals surface area contributed by atoms with Crippen LogP contribution in [0.4, 0.5) is 4.79 Å². The zero-order valence-corrected chi connectivity index (χ0v) is 13.8. The van der Waals surface area contributed by atoms with E-state index in [1.54, 1.807) is 27.7 Å². The average molecular weight is 306 g/mol. The van der Waals surface area contributed by atoms with E-state index in [1.165, 1.54) is 5.56 Å². The van der Waals surface area contributed by atoms with E-state index in [9.17, 15) is 9.90 Å². The van der Waals surface area contributed by atoms with Crippen molar-refractivity contribution in [3.05, 3.63) is 35.9 Å². The molecule has 1 amide bonds. The van der Waals surface area contributed by atoms with Crippen molar-refractivity contribution in [2.45, 2.75) is 58.7 Å². The molecule has 1 aromatic carbocycles. The summed E-state index contributed by atoms with van der Waals surface area (Å²) in [6.07, 6.45) is 1.05. The summed E-state index contributed by atoms with van der Waals surface area (Å²) in [6.45, 7) is 6.99. The number of aliphatic hydroxyl groups is 1. The average Bonchev–Trinajstić information content (AvgIpc) is 2.41. The lowest BCUT2D eigenvalue weighted by Crippen LogP contribution is -2.31. The SMILES string of the molecule is CC(O)/C(CCCc1ccccc1)=N\NC(=O)OC(C)(C)C. The minimum atomic E-state index is -0.703. The number of hydrazone groups is 1. The van der Waals surface area contributed by atoms with Gasteiger partial charge in [-0.05, 0) is 52.5 Å². The Morgan fingerprint density at radius 3 is 2.50 bits per heavy atom. The number of nitrogens with zero attached hydrogens (tertiary/aromatic N) is 1. The highest BCUT2D eigenvalue weighted by Gasteiger charge is 2.16. The molecular formula is C17H26N2O3. The molecule has 0 saturated heterocycles. The molecule has 5 heteroatoms. The first-order chi connectivity index (χ1) is 10.3. The Balaban J connectivity index is 2.47. The van der Waals surface area contributed by atoms with E-state index in [0.717, 1.165) is 12.8 Å². The second-order valence-corrected chi connectivity index (χ2v) is 6.23. The molecule has 0 aliphatic heterocycles. The van der Waals surface area contributed by atoms with Crippen molar-refractivity contribution in [2.24, 2.45) is 5.10 Å². The molecule has 0 saturated carbocycles. The van der Waals surface area contributed by atoms with E-state index < -0.39 is 17.8 Å². The molecule has 0 bridgehead atoms. The fraction of sp³-hybridized carbons (Fsp3) is 0.529. The minimum Gasteiger partial charge on any atom is -0.443 e. The number of aryl methyl sites for hydroxylation is 1. The maximum Gasteiger partial charge on any atom is 0.428 e. The predicted molar refractivity (Wildman–Crippen MR) is 87.9 cm³/mol. The Labute approximate surface area is 132 Å². The molecule has 122 valence electrons. The van der Waals surface area contributed by atoms with Gasteiger partial charge in [-0.1, -0.05) is 30.3 Å². The maximum atomic E-state index is 11.6. The highest BCUT2D eigenvalue weighted by molar-refractivity contribution is 5.89. The molecule has 2 N–H and O–H groups in total. The van der Waals surface area contributed by atoms with Crippen molar-refractivity contribution < 1.29 is 14.6 Å². The molecule has 1 unspecified atom stereocenters. The number of carbonyl (C=O) groups excluding carboxylic acids is 1. The van der Waals surface area contributed by atoms with Crippen LogP contribution < -0.4 is 5.43 Å². The standard InChI is InChI=1S/C17H26N2O3/c1-13(20)15(18-19-16(21)22-17(2,3)4)12-8-11-14-9-6-5-7-10-14/h5-7,9-10,13,20H,8,11-12H2,1-4H3,(H,19,21)/b18-15-. The van der Waals surface area contributed by atoms with Crippen molar-refractivity contribution in [3.63, 3.8) is 0 Å². The highest BCUT2D eigenvalue weighted by atomic mass is 16.6. The van der Waals surface area contributed by atoms with Crippen LogP contribution in [0.25, 0.3) is 0 Å². The lowest BCUT2D eigenvalue weighted by atomic mass is 10.0. The Morgan fingerprint density at radius 2 is 1.95 bits per heavy atom. The first-order valence-corrected chi connectivity index (χ1v) is 7.55. The lowest BCUT2D eigenvalue weighted by molar-refractivity contribution is 0.0528. The summed E-state index contributed by atoms with van der Waals surface area (Å²) in [6, 6.07) is 10.1. The second-order valence-electron chi connectivity index (χ2n) is 6.23. The van der Waals surface area contributed by atoms with Gasteiger partial charge in [-0.15, -0.1) is 0 Å². The Morgan fingerprint density at radius 1 is 1.32 bits per heavy atom.